The highest BCUT2D eigenvalue weighted by atomic mass is 16.5. The van der Waals surface area contributed by atoms with Gasteiger partial charge >= 0.3 is 5.97 Å². The molecule has 198 valence electrons. The molecule has 0 spiro atoms. The number of nitrogens with one attached hydrogen (secondary N) is 2. The van der Waals surface area contributed by atoms with E-state index in [1.54, 1.807) is 20.0 Å². The van der Waals surface area contributed by atoms with E-state index in [1.165, 1.54) is 7.11 Å². The van der Waals surface area contributed by atoms with E-state index >= 15 is 0 Å². The summed E-state index contributed by atoms with van der Waals surface area (Å²) in [4.78, 5) is 30.9. The molecular weight excluding hydrogens is 472 g/mol. The molecule has 3 N–H and O–H groups in total. The van der Waals surface area contributed by atoms with Crippen molar-refractivity contribution >= 4 is 34.3 Å². The topological polar surface area (TPSA) is 115 Å². The second-order valence-corrected chi connectivity index (χ2v) is 10.3. The summed E-state index contributed by atoms with van der Waals surface area (Å²) in [5.74, 6) is -1.03. The Morgan fingerprint density at radius 3 is 2.70 bits per heavy atom. The van der Waals surface area contributed by atoms with Gasteiger partial charge in [0.05, 0.1) is 42.8 Å². The summed E-state index contributed by atoms with van der Waals surface area (Å²) in [6.45, 7) is 6.88. The zero-order chi connectivity index (χ0) is 26.6. The molecule has 2 unspecified atom stereocenters. The molecule has 1 aliphatic rings. The zero-order valence-corrected chi connectivity index (χ0v) is 21.9. The number of hydrogen-bond acceptors (Lipinski definition) is 7. The minimum absolute atomic E-state index is 0.0341. The van der Waals surface area contributed by atoms with Gasteiger partial charge in [-0.05, 0) is 51.7 Å². The van der Waals surface area contributed by atoms with Crippen molar-refractivity contribution < 1.29 is 24.2 Å². The van der Waals surface area contributed by atoms with Crippen LogP contribution >= 0.6 is 0 Å². The Hall–Kier alpha value is -3.43. The van der Waals surface area contributed by atoms with Crippen LogP contribution in [0.15, 0.2) is 42.6 Å². The van der Waals surface area contributed by atoms with Gasteiger partial charge in [-0.3, -0.25) is 4.79 Å². The van der Waals surface area contributed by atoms with Crippen LogP contribution in [0.5, 0.6) is 0 Å². The minimum atomic E-state index is -0.828. The minimum Gasteiger partial charge on any atom is -0.464 e. The molecule has 0 saturated carbocycles. The number of carbonyl (C=O) groups is 2. The van der Waals surface area contributed by atoms with Gasteiger partial charge in [0.15, 0.2) is 5.69 Å². The van der Waals surface area contributed by atoms with Crippen molar-refractivity contribution in [1.29, 1.82) is 0 Å². The third-order valence-corrected chi connectivity index (χ3v) is 6.51. The molecule has 4 rings (SSSR count). The predicted molar refractivity (Wildman–Crippen MR) is 143 cm³/mol. The van der Waals surface area contributed by atoms with Gasteiger partial charge in [-0.25, -0.2) is 9.78 Å². The highest BCUT2D eigenvalue weighted by Crippen LogP contribution is 2.34. The molecule has 2 atom stereocenters. The van der Waals surface area contributed by atoms with Crippen LogP contribution in [-0.4, -0.2) is 58.5 Å². The Labute approximate surface area is 217 Å². The monoisotopic (exact) mass is 508 g/mol. The standard InChI is InChI=1S/C28H36N4O5/c1-18(15-28(2,3)35)30-21-14-22-23(31-26(33)20-11-13-37-17-20)24(27(34)36-4)32(25(22)29-16-21)12-10-19-8-6-5-7-9-19/h5-9,14,16,18,20,30,35H,10-13,15,17H2,1-4H3,(H,31,33). The molecule has 1 aromatic carbocycles. The Morgan fingerprint density at radius 2 is 2.05 bits per heavy atom. The molecule has 9 heteroatoms. The smallest absolute Gasteiger partial charge is 0.356 e. The molecule has 3 heterocycles. The largest absolute Gasteiger partial charge is 0.464 e. The van der Waals surface area contributed by atoms with Gasteiger partial charge in [0, 0.05) is 24.6 Å². The first-order valence-electron chi connectivity index (χ1n) is 12.7. The average molecular weight is 509 g/mol. The summed E-state index contributed by atoms with van der Waals surface area (Å²) in [6, 6.07) is 11.8. The maximum atomic E-state index is 13.1. The Balaban J connectivity index is 1.76. The number of esters is 1. The number of nitrogens with zero attached hydrogens (tertiary/aromatic N) is 2. The van der Waals surface area contributed by atoms with E-state index in [-0.39, 0.29) is 23.6 Å². The van der Waals surface area contributed by atoms with Crippen LogP contribution in [0.3, 0.4) is 0 Å². The number of hydrogen-bond donors (Lipinski definition) is 3. The van der Waals surface area contributed by atoms with Crippen LogP contribution in [-0.2, 0) is 27.2 Å². The molecule has 9 nitrogen and oxygen atoms in total. The molecule has 1 amide bonds. The number of aromatic nitrogens is 2. The molecule has 0 bridgehead atoms. The number of benzene rings is 1. The van der Waals surface area contributed by atoms with Crippen molar-refractivity contribution in [2.45, 2.75) is 58.2 Å². The number of carbonyl (C=O) groups excluding carboxylic acids is 2. The van der Waals surface area contributed by atoms with Crippen molar-refractivity contribution in [3.8, 4) is 0 Å². The van der Waals surface area contributed by atoms with Gasteiger partial charge in [0.1, 0.15) is 5.65 Å². The van der Waals surface area contributed by atoms with E-state index in [0.29, 0.717) is 55.7 Å². The number of anilines is 2. The highest BCUT2D eigenvalue weighted by Gasteiger charge is 2.30. The lowest BCUT2D eigenvalue weighted by Gasteiger charge is -2.23. The lowest BCUT2D eigenvalue weighted by molar-refractivity contribution is -0.119. The van der Waals surface area contributed by atoms with Gasteiger partial charge in [-0.15, -0.1) is 0 Å². The van der Waals surface area contributed by atoms with Gasteiger partial charge in [0.25, 0.3) is 0 Å². The first-order valence-corrected chi connectivity index (χ1v) is 12.7. The van der Waals surface area contributed by atoms with E-state index in [2.05, 4.69) is 10.6 Å². The Kier molecular flexibility index (Phi) is 8.14. The van der Waals surface area contributed by atoms with Gasteiger partial charge < -0.3 is 29.8 Å². The summed E-state index contributed by atoms with van der Waals surface area (Å²) in [7, 11) is 1.33. The summed E-state index contributed by atoms with van der Waals surface area (Å²) in [5.41, 5.74) is 2.24. The molecule has 3 aromatic rings. The number of methoxy groups -OCH3 is 1. The summed E-state index contributed by atoms with van der Waals surface area (Å²) in [6.07, 6.45) is 3.54. The molecule has 0 aliphatic carbocycles. The van der Waals surface area contributed by atoms with Crippen molar-refractivity contribution in [3.63, 3.8) is 0 Å². The van der Waals surface area contributed by atoms with E-state index in [4.69, 9.17) is 14.5 Å². The fraction of sp³-hybridized carbons (Fsp3) is 0.464. The number of aliphatic hydroxyl groups is 1. The summed E-state index contributed by atoms with van der Waals surface area (Å²) in [5, 5.41) is 17.2. The molecule has 1 aliphatic heterocycles. The molecule has 2 aromatic heterocycles. The normalized spacial score (nSPS) is 16.5. The maximum absolute atomic E-state index is 13.1. The number of fused-ring (bicyclic) bond motifs is 1. The number of amides is 1. The fourth-order valence-corrected chi connectivity index (χ4v) is 4.89. The van der Waals surface area contributed by atoms with Crippen molar-refractivity contribution in [3.05, 3.63) is 53.9 Å². The van der Waals surface area contributed by atoms with Crippen LogP contribution in [0, 0.1) is 5.92 Å². The number of rotatable bonds is 10. The predicted octanol–water partition coefficient (Wildman–Crippen LogP) is 4.00. The number of pyridine rings is 1. The van der Waals surface area contributed by atoms with E-state index in [9.17, 15) is 14.7 Å². The molecule has 37 heavy (non-hydrogen) atoms. The van der Waals surface area contributed by atoms with Gasteiger partial charge in [-0.2, -0.15) is 0 Å². The van der Waals surface area contributed by atoms with Gasteiger partial charge in [-0.1, -0.05) is 30.3 Å². The average Bonchev–Trinajstić information content (AvgIpc) is 3.49. The van der Waals surface area contributed by atoms with E-state index in [0.717, 1.165) is 11.3 Å². The molecule has 1 fully saturated rings. The van der Waals surface area contributed by atoms with Crippen LogP contribution in [0.4, 0.5) is 11.4 Å². The first-order chi connectivity index (χ1) is 17.7. The SMILES string of the molecule is COC(=O)c1c(NC(=O)C2CCOC2)c2cc(NC(C)CC(C)(C)O)cnc2n1CCc1ccccc1. The summed E-state index contributed by atoms with van der Waals surface area (Å²) >= 11 is 0. The highest BCUT2D eigenvalue weighted by molar-refractivity contribution is 6.11. The first kappa shape index (κ1) is 26.6. The van der Waals surface area contributed by atoms with Crippen LogP contribution in [0.2, 0.25) is 0 Å². The summed E-state index contributed by atoms with van der Waals surface area (Å²) < 4.78 is 12.4. The van der Waals surface area contributed by atoms with Crippen LogP contribution < -0.4 is 10.6 Å². The number of aryl methyl sites for hydroxylation is 2. The lowest BCUT2D eigenvalue weighted by atomic mass is 10.0. The quantitative estimate of drug-likeness (QED) is 0.355. The second kappa shape index (κ2) is 11.3. The van der Waals surface area contributed by atoms with E-state index in [1.807, 2.05) is 47.9 Å². The molecular formula is C28H36N4O5. The zero-order valence-electron chi connectivity index (χ0n) is 21.9. The third-order valence-electron chi connectivity index (χ3n) is 6.51. The van der Waals surface area contributed by atoms with Crippen molar-refractivity contribution in [2.24, 2.45) is 5.92 Å². The Morgan fingerprint density at radius 1 is 1.30 bits per heavy atom. The third kappa shape index (κ3) is 6.47. The maximum Gasteiger partial charge on any atom is 0.356 e. The number of ether oxygens (including phenoxy) is 2. The lowest BCUT2D eigenvalue weighted by Crippen LogP contribution is -2.29. The van der Waals surface area contributed by atoms with Crippen molar-refractivity contribution in [1.82, 2.24) is 9.55 Å². The van der Waals surface area contributed by atoms with Crippen LogP contribution in [0.1, 0.15) is 49.7 Å². The Bertz CT molecular complexity index is 1240. The van der Waals surface area contributed by atoms with E-state index < -0.39 is 11.6 Å². The van der Waals surface area contributed by atoms with Crippen molar-refractivity contribution in [2.75, 3.05) is 31.0 Å². The van der Waals surface area contributed by atoms with Gasteiger partial charge in [0.2, 0.25) is 5.91 Å². The second-order valence-electron chi connectivity index (χ2n) is 10.3. The fourth-order valence-electron chi connectivity index (χ4n) is 4.89. The molecule has 1 saturated heterocycles. The molecule has 0 radical (unpaired) electrons. The van der Waals surface area contributed by atoms with Crippen LogP contribution in [0.25, 0.3) is 11.0 Å².